The van der Waals surface area contributed by atoms with Gasteiger partial charge >= 0.3 is 0 Å². The van der Waals surface area contributed by atoms with Crippen LogP contribution in [0.1, 0.15) is 23.1 Å². The van der Waals surface area contributed by atoms with Crippen molar-refractivity contribution in [3.05, 3.63) is 89.5 Å². The Morgan fingerprint density at radius 3 is 2.38 bits per heavy atom. The van der Waals surface area contributed by atoms with Crippen LogP contribution in [0, 0.1) is 11.3 Å². The van der Waals surface area contributed by atoms with E-state index in [1.165, 1.54) is 11.1 Å². The molecule has 3 rings (SSSR count). The normalized spacial score (nSPS) is 20.7. The summed E-state index contributed by atoms with van der Waals surface area (Å²) in [4.78, 5) is 0. The Morgan fingerprint density at radius 1 is 1.00 bits per heavy atom. The van der Waals surface area contributed by atoms with Gasteiger partial charge in [-0.1, -0.05) is 60.7 Å². The molecule has 0 saturated carbocycles. The fourth-order valence-electron chi connectivity index (χ4n) is 2.70. The average molecular weight is 289 g/mol. The second kappa shape index (κ2) is 5.63. The van der Waals surface area contributed by atoms with Crippen LogP contribution in [0.5, 0.6) is 0 Å². The van der Waals surface area contributed by atoms with Crippen LogP contribution in [0.3, 0.4) is 0 Å². The third-order valence-corrected chi connectivity index (χ3v) is 4.52. The molecule has 0 N–H and O–H groups in total. The molecule has 1 unspecified atom stereocenters. The maximum Gasteiger partial charge on any atom is 0.0991 e. The minimum atomic E-state index is -0.357. The lowest BCUT2D eigenvalue weighted by molar-refractivity contribution is 0.807. The lowest BCUT2D eigenvalue weighted by atomic mass is 9.80. The van der Waals surface area contributed by atoms with Crippen molar-refractivity contribution in [2.75, 3.05) is 0 Å². The van der Waals surface area contributed by atoms with Crippen LogP contribution >= 0.6 is 12.6 Å². The summed E-state index contributed by atoms with van der Waals surface area (Å²) in [5.41, 5.74) is 4.16. The van der Waals surface area contributed by atoms with E-state index in [-0.39, 0.29) is 4.75 Å². The molecular weight excluding hydrogens is 274 g/mol. The van der Waals surface area contributed by atoms with Gasteiger partial charge in [0.25, 0.3) is 0 Å². The minimum absolute atomic E-state index is 0.357. The zero-order chi connectivity index (χ0) is 14.7. The smallest absolute Gasteiger partial charge is 0.0991 e. The van der Waals surface area contributed by atoms with Crippen LogP contribution in [0.15, 0.2) is 72.8 Å². The first kappa shape index (κ1) is 13.7. The van der Waals surface area contributed by atoms with Gasteiger partial charge in [-0.3, -0.25) is 0 Å². The van der Waals surface area contributed by atoms with Gasteiger partial charge in [0.2, 0.25) is 0 Å². The van der Waals surface area contributed by atoms with Gasteiger partial charge in [0.05, 0.1) is 16.4 Å². The maximum atomic E-state index is 8.94. The van der Waals surface area contributed by atoms with E-state index in [9.17, 15) is 0 Å². The van der Waals surface area contributed by atoms with Gasteiger partial charge in [-0.15, -0.1) is 0 Å². The lowest BCUT2D eigenvalue weighted by Gasteiger charge is -2.33. The standard InChI is InChI=1S/C19H15NS/c20-14-15-9-11-17(12-10-15)19(21)13-5-4-8-18(19)16-6-2-1-3-7-16/h1-12,21H,13H2. The van der Waals surface area contributed by atoms with E-state index >= 15 is 0 Å². The first-order chi connectivity index (χ1) is 10.2. The summed E-state index contributed by atoms with van der Waals surface area (Å²) < 4.78 is -0.357. The first-order valence-electron chi connectivity index (χ1n) is 6.90. The number of nitriles is 1. The van der Waals surface area contributed by atoms with E-state index in [1.54, 1.807) is 0 Å². The van der Waals surface area contributed by atoms with Crippen molar-refractivity contribution in [3.8, 4) is 6.07 Å². The van der Waals surface area contributed by atoms with Crippen LogP contribution in [0.25, 0.3) is 5.57 Å². The number of hydrogen-bond acceptors (Lipinski definition) is 2. The predicted octanol–water partition coefficient (Wildman–Crippen LogP) is 4.73. The summed E-state index contributed by atoms with van der Waals surface area (Å²) in [6.07, 6.45) is 7.19. The molecule has 2 heteroatoms. The number of allylic oxidation sites excluding steroid dienone is 3. The monoisotopic (exact) mass is 289 g/mol. The molecule has 0 amide bonds. The molecular formula is C19H15NS. The van der Waals surface area contributed by atoms with Crippen molar-refractivity contribution >= 4 is 18.2 Å². The van der Waals surface area contributed by atoms with Crippen molar-refractivity contribution in [1.29, 1.82) is 5.26 Å². The molecule has 21 heavy (non-hydrogen) atoms. The Labute approximate surface area is 130 Å². The van der Waals surface area contributed by atoms with E-state index in [0.29, 0.717) is 5.56 Å². The maximum absolute atomic E-state index is 8.94. The van der Waals surface area contributed by atoms with Crippen molar-refractivity contribution in [2.24, 2.45) is 0 Å². The van der Waals surface area contributed by atoms with Gasteiger partial charge < -0.3 is 0 Å². The van der Waals surface area contributed by atoms with Crippen molar-refractivity contribution in [2.45, 2.75) is 11.2 Å². The fourth-order valence-corrected chi connectivity index (χ4v) is 3.16. The van der Waals surface area contributed by atoms with Crippen molar-refractivity contribution in [1.82, 2.24) is 0 Å². The van der Waals surface area contributed by atoms with Gasteiger partial charge in [-0.05, 0) is 35.3 Å². The summed E-state index contributed by atoms with van der Waals surface area (Å²) in [5, 5.41) is 8.94. The summed E-state index contributed by atoms with van der Waals surface area (Å²) in [6, 6.07) is 20.2. The van der Waals surface area contributed by atoms with Gasteiger partial charge in [0, 0.05) is 0 Å². The van der Waals surface area contributed by atoms with E-state index < -0.39 is 0 Å². The number of benzene rings is 2. The third-order valence-electron chi connectivity index (χ3n) is 3.83. The SMILES string of the molecule is N#Cc1ccc(C2(S)CC=CC=C2c2ccccc2)cc1. The highest BCUT2D eigenvalue weighted by Crippen LogP contribution is 2.46. The Bertz CT molecular complexity index is 735. The second-order valence-corrected chi connectivity index (χ2v) is 5.89. The van der Waals surface area contributed by atoms with Crippen molar-refractivity contribution < 1.29 is 0 Å². The molecule has 102 valence electrons. The number of nitrogens with zero attached hydrogens (tertiary/aromatic N) is 1. The molecule has 0 aromatic heterocycles. The second-order valence-electron chi connectivity index (χ2n) is 5.13. The molecule has 0 bridgehead atoms. The van der Waals surface area contributed by atoms with Gasteiger partial charge in [0.1, 0.15) is 0 Å². The molecule has 0 fully saturated rings. The summed E-state index contributed by atoms with van der Waals surface area (Å²) >= 11 is 5.01. The Kier molecular flexibility index (Phi) is 3.68. The molecule has 0 aliphatic heterocycles. The molecule has 0 saturated heterocycles. The van der Waals surface area contributed by atoms with Crippen molar-refractivity contribution in [3.63, 3.8) is 0 Å². The van der Waals surface area contributed by atoms with Gasteiger partial charge in [0.15, 0.2) is 0 Å². The minimum Gasteiger partial charge on any atom is -0.192 e. The molecule has 0 radical (unpaired) electrons. The van der Waals surface area contributed by atoms with Crippen LogP contribution in [0.2, 0.25) is 0 Å². The fraction of sp³-hybridized carbons (Fsp3) is 0.105. The zero-order valence-electron chi connectivity index (χ0n) is 11.5. The van der Waals surface area contributed by atoms with Gasteiger partial charge in [-0.2, -0.15) is 17.9 Å². The summed E-state index contributed by atoms with van der Waals surface area (Å²) in [5.74, 6) is 0. The quantitative estimate of drug-likeness (QED) is 0.794. The topological polar surface area (TPSA) is 23.8 Å². The molecule has 0 spiro atoms. The summed E-state index contributed by atoms with van der Waals surface area (Å²) in [7, 11) is 0. The van der Waals surface area contributed by atoms with Crippen LogP contribution in [-0.4, -0.2) is 0 Å². The average Bonchev–Trinajstić information content (AvgIpc) is 2.56. The highest BCUT2D eigenvalue weighted by Gasteiger charge is 2.33. The van der Waals surface area contributed by atoms with E-state index in [0.717, 1.165) is 12.0 Å². The first-order valence-corrected chi connectivity index (χ1v) is 7.34. The number of hydrogen-bond donors (Lipinski definition) is 1. The molecule has 0 heterocycles. The van der Waals surface area contributed by atoms with Crippen LogP contribution in [-0.2, 0) is 4.75 Å². The van der Waals surface area contributed by atoms with Gasteiger partial charge in [-0.25, -0.2) is 0 Å². The predicted molar refractivity (Wildman–Crippen MR) is 90.0 cm³/mol. The molecule has 1 aliphatic carbocycles. The molecule has 2 aromatic rings. The number of rotatable bonds is 2. The Balaban J connectivity index is 2.08. The van der Waals surface area contributed by atoms with E-state index in [4.69, 9.17) is 17.9 Å². The molecule has 1 aliphatic rings. The lowest BCUT2D eigenvalue weighted by Crippen LogP contribution is -2.22. The molecule has 1 nitrogen and oxygen atoms in total. The highest BCUT2D eigenvalue weighted by molar-refractivity contribution is 7.82. The summed E-state index contributed by atoms with van der Waals surface area (Å²) in [6.45, 7) is 0. The largest absolute Gasteiger partial charge is 0.192 e. The number of thiol groups is 1. The highest BCUT2D eigenvalue weighted by atomic mass is 32.1. The molecule has 1 atom stereocenters. The Hall–Kier alpha value is -2.24. The van der Waals surface area contributed by atoms with E-state index in [1.807, 2.05) is 42.5 Å². The zero-order valence-corrected chi connectivity index (χ0v) is 12.4. The molecule has 2 aromatic carbocycles. The van der Waals surface area contributed by atoms with Crippen LogP contribution < -0.4 is 0 Å². The van der Waals surface area contributed by atoms with E-state index in [2.05, 4.69) is 36.4 Å². The third kappa shape index (κ3) is 2.53. The van der Waals surface area contributed by atoms with Crippen LogP contribution in [0.4, 0.5) is 0 Å². The Morgan fingerprint density at radius 2 is 1.71 bits per heavy atom.